The molecule has 1 aromatic carbocycles. The van der Waals surface area contributed by atoms with Gasteiger partial charge in [-0.1, -0.05) is 11.6 Å². The normalized spacial score (nSPS) is 14.9. The van der Waals surface area contributed by atoms with Crippen molar-refractivity contribution in [3.63, 3.8) is 0 Å². The summed E-state index contributed by atoms with van der Waals surface area (Å²) in [6, 6.07) is 1.24. The van der Waals surface area contributed by atoms with E-state index in [0.717, 1.165) is 5.75 Å². The number of thioether (sulfide) groups is 1. The molecule has 1 heterocycles. The molecule has 1 N–H and O–H groups in total. The minimum Gasteiger partial charge on any atom is -0.504 e. The molecule has 0 spiro atoms. The Kier molecular flexibility index (Phi) is 2.26. The van der Waals surface area contributed by atoms with Gasteiger partial charge in [-0.25, -0.2) is 4.39 Å². The molecule has 5 heteroatoms. The van der Waals surface area contributed by atoms with Gasteiger partial charge in [0, 0.05) is 5.75 Å². The van der Waals surface area contributed by atoms with E-state index in [4.69, 9.17) is 21.4 Å². The highest BCUT2D eigenvalue weighted by molar-refractivity contribution is 7.99. The standard InChI is InChI=1S/C8H6ClFO2S/c9-6-7(11)4(10)3-5-8(6)12-1-2-13-5/h3,11H,1-2H2. The number of ether oxygens (including phenoxy) is 1. The second-order valence-electron chi connectivity index (χ2n) is 2.55. The van der Waals surface area contributed by atoms with Gasteiger partial charge in [0.2, 0.25) is 0 Å². The fraction of sp³-hybridized carbons (Fsp3) is 0.250. The van der Waals surface area contributed by atoms with E-state index in [9.17, 15) is 4.39 Å². The quantitative estimate of drug-likeness (QED) is 0.729. The van der Waals surface area contributed by atoms with Crippen LogP contribution < -0.4 is 4.74 Å². The predicted molar refractivity (Wildman–Crippen MR) is 49.3 cm³/mol. The molecule has 0 radical (unpaired) electrons. The summed E-state index contributed by atoms with van der Waals surface area (Å²) < 4.78 is 18.2. The van der Waals surface area contributed by atoms with Crippen LogP contribution in [0.4, 0.5) is 4.39 Å². The van der Waals surface area contributed by atoms with Crippen LogP contribution in [0.5, 0.6) is 11.5 Å². The summed E-state index contributed by atoms with van der Waals surface area (Å²) in [6.45, 7) is 0.530. The van der Waals surface area contributed by atoms with E-state index < -0.39 is 11.6 Å². The SMILES string of the molecule is Oc1c(F)cc2c(c1Cl)OCCS2. The number of phenolic OH excluding ortho intramolecular Hbond substituents is 1. The molecule has 0 saturated carbocycles. The van der Waals surface area contributed by atoms with Gasteiger partial charge in [0.05, 0.1) is 11.5 Å². The molecule has 0 unspecified atom stereocenters. The Bertz CT molecular complexity index is 356. The Morgan fingerprint density at radius 3 is 3.15 bits per heavy atom. The van der Waals surface area contributed by atoms with Gasteiger partial charge in [-0.15, -0.1) is 11.8 Å². The van der Waals surface area contributed by atoms with Crippen LogP contribution in [-0.2, 0) is 0 Å². The number of benzene rings is 1. The zero-order valence-corrected chi connectivity index (χ0v) is 8.08. The summed E-state index contributed by atoms with van der Waals surface area (Å²) >= 11 is 7.15. The van der Waals surface area contributed by atoms with Crippen LogP contribution in [0, 0.1) is 5.82 Å². The van der Waals surface area contributed by atoms with Crippen molar-refractivity contribution in [2.75, 3.05) is 12.4 Å². The lowest BCUT2D eigenvalue weighted by atomic mass is 10.3. The van der Waals surface area contributed by atoms with Crippen LogP contribution in [0.2, 0.25) is 5.02 Å². The van der Waals surface area contributed by atoms with E-state index in [1.54, 1.807) is 0 Å². The zero-order chi connectivity index (χ0) is 9.42. The van der Waals surface area contributed by atoms with Gasteiger partial charge in [0.25, 0.3) is 0 Å². The number of hydrogen-bond donors (Lipinski definition) is 1. The van der Waals surface area contributed by atoms with Gasteiger partial charge in [0.15, 0.2) is 17.3 Å². The summed E-state index contributed by atoms with van der Waals surface area (Å²) in [5.41, 5.74) is 0. The molecule has 0 fully saturated rings. The average molecular weight is 221 g/mol. The summed E-state index contributed by atoms with van der Waals surface area (Å²) in [7, 11) is 0. The summed E-state index contributed by atoms with van der Waals surface area (Å²) in [4.78, 5) is 0.645. The van der Waals surface area contributed by atoms with Crippen molar-refractivity contribution in [2.45, 2.75) is 4.90 Å². The van der Waals surface area contributed by atoms with Gasteiger partial charge in [0.1, 0.15) is 5.02 Å². The number of phenols is 1. The van der Waals surface area contributed by atoms with Crippen molar-refractivity contribution >= 4 is 23.4 Å². The van der Waals surface area contributed by atoms with Gasteiger partial charge in [-0.3, -0.25) is 0 Å². The van der Waals surface area contributed by atoms with Crippen molar-refractivity contribution in [3.8, 4) is 11.5 Å². The summed E-state index contributed by atoms with van der Waals surface area (Å²) in [5.74, 6) is -0.0884. The first-order valence-electron chi connectivity index (χ1n) is 3.66. The molecule has 0 amide bonds. The predicted octanol–water partition coefficient (Wildman–Crippen LogP) is 2.67. The van der Waals surface area contributed by atoms with Gasteiger partial charge >= 0.3 is 0 Å². The van der Waals surface area contributed by atoms with E-state index in [-0.39, 0.29) is 5.02 Å². The minimum atomic E-state index is -0.707. The number of aromatic hydroxyl groups is 1. The Balaban J connectivity index is 2.60. The van der Waals surface area contributed by atoms with Gasteiger partial charge < -0.3 is 9.84 Å². The van der Waals surface area contributed by atoms with E-state index in [1.807, 2.05) is 0 Å². The molecule has 0 aromatic heterocycles. The van der Waals surface area contributed by atoms with E-state index in [2.05, 4.69) is 0 Å². The van der Waals surface area contributed by atoms with Crippen LogP contribution in [0.25, 0.3) is 0 Å². The van der Waals surface area contributed by atoms with E-state index in [1.165, 1.54) is 17.8 Å². The average Bonchev–Trinajstić information content (AvgIpc) is 2.15. The van der Waals surface area contributed by atoms with Gasteiger partial charge in [-0.2, -0.15) is 0 Å². The largest absolute Gasteiger partial charge is 0.504 e. The van der Waals surface area contributed by atoms with E-state index in [0.29, 0.717) is 17.3 Å². The molecule has 0 aliphatic carbocycles. The molecule has 2 rings (SSSR count). The third-order valence-corrected chi connectivity index (χ3v) is 3.04. The Hall–Kier alpha value is -0.610. The molecule has 13 heavy (non-hydrogen) atoms. The number of halogens is 2. The third-order valence-electron chi connectivity index (χ3n) is 1.70. The zero-order valence-electron chi connectivity index (χ0n) is 6.51. The molecular weight excluding hydrogens is 215 g/mol. The van der Waals surface area contributed by atoms with Crippen molar-refractivity contribution in [1.82, 2.24) is 0 Å². The van der Waals surface area contributed by atoms with E-state index >= 15 is 0 Å². The summed E-state index contributed by atoms with van der Waals surface area (Å²) in [5, 5.41) is 9.13. The number of rotatable bonds is 0. The maximum absolute atomic E-state index is 13.0. The van der Waals surface area contributed by atoms with Crippen molar-refractivity contribution < 1.29 is 14.2 Å². The van der Waals surface area contributed by atoms with Crippen molar-refractivity contribution in [1.29, 1.82) is 0 Å². The topological polar surface area (TPSA) is 29.5 Å². The smallest absolute Gasteiger partial charge is 0.174 e. The molecule has 1 aromatic rings. The molecule has 2 nitrogen and oxygen atoms in total. The Labute approximate surface area is 83.7 Å². The maximum Gasteiger partial charge on any atom is 0.174 e. The molecule has 0 saturated heterocycles. The lowest BCUT2D eigenvalue weighted by Crippen LogP contribution is -2.07. The van der Waals surface area contributed by atoms with Crippen molar-refractivity contribution in [3.05, 3.63) is 16.9 Å². The molecule has 0 bridgehead atoms. The highest BCUT2D eigenvalue weighted by atomic mass is 35.5. The molecular formula is C8H6ClFO2S. The van der Waals surface area contributed by atoms with Gasteiger partial charge in [-0.05, 0) is 6.07 Å². The Morgan fingerprint density at radius 2 is 2.38 bits per heavy atom. The van der Waals surface area contributed by atoms with Crippen LogP contribution in [0.1, 0.15) is 0 Å². The molecule has 1 aliphatic heterocycles. The highest BCUT2D eigenvalue weighted by Crippen LogP contribution is 2.44. The molecule has 1 aliphatic rings. The monoisotopic (exact) mass is 220 g/mol. The fourth-order valence-electron chi connectivity index (χ4n) is 1.11. The van der Waals surface area contributed by atoms with Crippen LogP contribution in [-0.4, -0.2) is 17.5 Å². The maximum atomic E-state index is 13.0. The fourth-order valence-corrected chi connectivity index (χ4v) is 2.27. The van der Waals surface area contributed by atoms with Crippen LogP contribution in [0.15, 0.2) is 11.0 Å². The molecule has 0 atom stereocenters. The van der Waals surface area contributed by atoms with Crippen LogP contribution >= 0.6 is 23.4 Å². The lowest BCUT2D eigenvalue weighted by Gasteiger charge is -2.18. The lowest BCUT2D eigenvalue weighted by molar-refractivity contribution is 0.324. The third kappa shape index (κ3) is 1.44. The second kappa shape index (κ2) is 3.27. The highest BCUT2D eigenvalue weighted by Gasteiger charge is 2.20. The second-order valence-corrected chi connectivity index (χ2v) is 4.06. The first kappa shape index (κ1) is 8.97. The number of hydrogen-bond acceptors (Lipinski definition) is 3. The molecule has 70 valence electrons. The number of fused-ring (bicyclic) bond motifs is 1. The van der Waals surface area contributed by atoms with Crippen LogP contribution in [0.3, 0.4) is 0 Å². The summed E-state index contributed by atoms with van der Waals surface area (Å²) in [6.07, 6.45) is 0. The first-order valence-corrected chi connectivity index (χ1v) is 5.03. The Morgan fingerprint density at radius 1 is 1.62 bits per heavy atom. The van der Waals surface area contributed by atoms with Crippen molar-refractivity contribution in [2.24, 2.45) is 0 Å². The minimum absolute atomic E-state index is 0.0396. The first-order chi connectivity index (χ1) is 6.20.